The van der Waals surface area contributed by atoms with Crippen molar-refractivity contribution in [2.75, 3.05) is 13.2 Å². The van der Waals surface area contributed by atoms with Crippen LogP contribution in [0.2, 0.25) is 0 Å². The van der Waals surface area contributed by atoms with Gasteiger partial charge >= 0.3 is 0 Å². The minimum Gasteiger partial charge on any atom is -0.368 e. The molecule has 0 bridgehead atoms. The van der Waals surface area contributed by atoms with E-state index in [4.69, 9.17) is 11.5 Å². The van der Waals surface area contributed by atoms with E-state index >= 15 is 0 Å². The maximum absolute atomic E-state index is 11.9. The molecule has 2 amide bonds. The summed E-state index contributed by atoms with van der Waals surface area (Å²) in [5.41, 5.74) is 10.7. The van der Waals surface area contributed by atoms with Gasteiger partial charge in [0.05, 0.1) is 6.04 Å². The van der Waals surface area contributed by atoms with Crippen LogP contribution in [-0.2, 0) is 16.0 Å². The largest absolute Gasteiger partial charge is 0.368 e. The summed E-state index contributed by atoms with van der Waals surface area (Å²) in [5.74, 6) is 0.569. The number of unbranched alkanes of at least 4 members (excludes halogenated alkanes) is 13. The lowest BCUT2D eigenvalue weighted by molar-refractivity contribution is -0.121. The molecule has 0 aliphatic heterocycles. The summed E-state index contributed by atoms with van der Waals surface area (Å²) in [7, 11) is 0. The highest BCUT2D eigenvalue weighted by Gasteiger charge is 2.12. The van der Waals surface area contributed by atoms with Gasteiger partial charge in [-0.3, -0.25) is 14.9 Å². The lowest BCUT2D eigenvalue weighted by Gasteiger charge is -2.13. The molecule has 0 saturated heterocycles. The van der Waals surface area contributed by atoms with Gasteiger partial charge in [0.1, 0.15) is 0 Å². The third-order valence-electron chi connectivity index (χ3n) is 6.14. The monoisotopic (exact) mass is 480 g/mol. The summed E-state index contributed by atoms with van der Waals surface area (Å²) in [4.78, 5) is 23.1. The number of tetrazole rings is 1. The van der Waals surface area contributed by atoms with Crippen LogP contribution < -0.4 is 22.1 Å². The molecule has 0 saturated carbocycles. The fourth-order valence-electron chi connectivity index (χ4n) is 4.08. The maximum atomic E-state index is 11.9. The number of rotatable bonds is 24. The van der Waals surface area contributed by atoms with Gasteiger partial charge in [-0.25, -0.2) is 0 Å². The van der Waals surface area contributed by atoms with E-state index in [1.165, 1.54) is 64.2 Å². The predicted molar refractivity (Wildman–Crippen MR) is 135 cm³/mol. The zero-order valence-corrected chi connectivity index (χ0v) is 21.0. The van der Waals surface area contributed by atoms with Gasteiger partial charge in [-0.2, -0.15) is 5.21 Å². The molecule has 1 atom stereocenters. The molecule has 1 aromatic heterocycles. The Morgan fingerprint density at radius 1 is 0.824 bits per heavy atom. The molecule has 0 fully saturated rings. The van der Waals surface area contributed by atoms with Crippen LogP contribution in [0.25, 0.3) is 0 Å². The molecule has 1 heterocycles. The van der Waals surface area contributed by atoms with Crippen molar-refractivity contribution in [1.29, 1.82) is 0 Å². The van der Waals surface area contributed by atoms with Crippen molar-refractivity contribution >= 4 is 11.8 Å². The average molecular weight is 481 g/mol. The lowest BCUT2D eigenvalue weighted by Crippen LogP contribution is -2.43. The van der Waals surface area contributed by atoms with Crippen LogP contribution in [0, 0.1) is 0 Å². The molecule has 10 nitrogen and oxygen atoms in total. The van der Waals surface area contributed by atoms with Crippen molar-refractivity contribution < 1.29 is 9.59 Å². The van der Waals surface area contributed by atoms with Gasteiger partial charge in [0.15, 0.2) is 5.82 Å². The van der Waals surface area contributed by atoms with Gasteiger partial charge in [0.25, 0.3) is 0 Å². The maximum Gasteiger partial charge on any atom is 0.234 e. The number of primary amides is 1. The summed E-state index contributed by atoms with van der Waals surface area (Å²) >= 11 is 0. The van der Waals surface area contributed by atoms with Crippen LogP contribution in [0.15, 0.2) is 0 Å². The Bertz CT molecular complexity index is 612. The van der Waals surface area contributed by atoms with Crippen LogP contribution in [-0.4, -0.2) is 51.7 Å². The van der Waals surface area contributed by atoms with E-state index in [1.807, 2.05) is 0 Å². The minimum absolute atomic E-state index is 0.126. The standard InChI is InChI=1S/C24H48N8O2/c25-20-28-21(24(26)34)16-14-15-19-27-23(33)18-13-11-9-7-5-3-1-2-4-6-8-10-12-17-22-29-31-32-30-22/h21,28H,1-20,25H2,(H2,26,34)(H,27,33)(H,29,30,31,32)/t21-/m0/s1. The third kappa shape index (κ3) is 17.4. The van der Waals surface area contributed by atoms with Gasteiger partial charge in [0, 0.05) is 26.1 Å². The number of carbonyl (C=O) groups is 2. The van der Waals surface area contributed by atoms with Crippen molar-refractivity contribution in [2.45, 2.75) is 122 Å². The van der Waals surface area contributed by atoms with E-state index in [-0.39, 0.29) is 24.5 Å². The first-order valence-corrected chi connectivity index (χ1v) is 13.3. The van der Waals surface area contributed by atoms with Crippen LogP contribution in [0.1, 0.15) is 115 Å². The summed E-state index contributed by atoms with van der Waals surface area (Å²) in [6.45, 7) is 0.878. The van der Waals surface area contributed by atoms with Crippen molar-refractivity contribution in [1.82, 2.24) is 31.3 Å². The smallest absolute Gasteiger partial charge is 0.234 e. The fraction of sp³-hybridized carbons (Fsp3) is 0.875. The first-order valence-electron chi connectivity index (χ1n) is 13.3. The quantitative estimate of drug-likeness (QED) is 0.112. The van der Waals surface area contributed by atoms with Gasteiger partial charge in [-0.05, 0) is 32.1 Å². The highest BCUT2D eigenvalue weighted by molar-refractivity contribution is 5.79. The molecular weight excluding hydrogens is 432 g/mol. The normalized spacial score (nSPS) is 12.0. The fourth-order valence-corrected chi connectivity index (χ4v) is 4.08. The molecule has 0 unspecified atom stereocenters. The molecular formula is C24H48N8O2. The predicted octanol–water partition coefficient (Wildman–Crippen LogP) is 2.85. The molecule has 196 valence electrons. The Kier molecular flexibility index (Phi) is 18.9. The van der Waals surface area contributed by atoms with E-state index < -0.39 is 0 Å². The average Bonchev–Trinajstić information content (AvgIpc) is 3.34. The molecule has 0 aromatic carbocycles. The van der Waals surface area contributed by atoms with Gasteiger partial charge in [0.2, 0.25) is 11.8 Å². The second kappa shape index (κ2) is 21.5. The summed E-state index contributed by atoms with van der Waals surface area (Å²) < 4.78 is 0. The van der Waals surface area contributed by atoms with E-state index in [1.54, 1.807) is 0 Å². The van der Waals surface area contributed by atoms with Gasteiger partial charge < -0.3 is 16.8 Å². The Balaban J connectivity index is 1.76. The zero-order valence-electron chi connectivity index (χ0n) is 21.0. The Labute approximate surface area is 205 Å². The molecule has 0 radical (unpaired) electrons. The number of nitrogens with two attached hydrogens (primary N) is 2. The molecule has 1 rings (SSSR count). The summed E-state index contributed by atoms with van der Waals surface area (Å²) in [6.07, 6.45) is 20.1. The van der Waals surface area contributed by atoms with E-state index in [9.17, 15) is 9.59 Å². The Morgan fingerprint density at radius 2 is 1.41 bits per heavy atom. The lowest BCUT2D eigenvalue weighted by atomic mass is 10.0. The Morgan fingerprint density at radius 3 is 1.94 bits per heavy atom. The molecule has 34 heavy (non-hydrogen) atoms. The van der Waals surface area contributed by atoms with E-state index in [0.29, 0.717) is 19.4 Å². The van der Waals surface area contributed by atoms with E-state index in [2.05, 4.69) is 31.3 Å². The number of carbonyl (C=O) groups excluding carboxylic acids is 2. The molecule has 0 aliphatic rings. The first kappa shape index (κ1) is 30.0. The second-order valence-corrected chi connectivity index (χ2v) is 9.13. The van der Waals surface area contributed by atoms with Crippen molar-refractivity contribution in [3.63, 3.8) is 0 Å². The number of hydrogen-bond acceptors (Lipinski definition) is 7. The minimum atomic E-state index is -0.384. The molecule has 7 N–H and O–H groups in total. The number of aryl methyl sites for hydroxylation is 1. The summed E-state index contributed by atoms with van der Waals surface area (Å²) in [5, 5.41) is 19.8. The number of nitrogens with zero attached hydrogens (tertiary/aromatic N) is 3. The van der Waals surface area contributed by atoms with Gasteiger partial charge in [-0.1, -0.05) is 75.8 Å². The van der Waals surface area contributed by atoms with E-state index in [0.717, 1.165) is 44.3 Å². The van der Waals surface area contributed by atoms with Gasteiger partial charge in [-0.15, -0.1) is 10.2 Å². The molecule has 0 spiro atoms. The van der Waals surface area contributed by atoms with Crippen LogP contribution >= 0.6 is 0 Å². The van der Waals surface area contributed by atoms with Crippen molar-refractivity contribution in [3.05, 3.63) is 5.82 Å². The number of aromatic amines is 1. The van der Waals surface area contributed by atoms with Crippen molar-refractivity contribution in [2.24, 2.45) is 11.5 Å². The second-order valence-electron chi connectivity index (χ2n) is 9.13. The highest BCUT2D eigenvalue weighted by Crippen LogP contribution is 2.13. The van der Waals surface area contributed by atoms with Crippen LogP contribution in [0.5, 0.6) is 0 Å². The molecule has 0 aliphatic carbocycles. The summed E-state index contributed by atoms with van der Waals surface area (Å²) in [6, 6.07) is -0.384. The first-order chi connectivity index (χ1) is 16.6. The number of hydrogen-bond donors (Lipinski definition) is 5. The zero-order chi connectivity index (χ0) is 24.7. The molecule has 10 heteroatoms. The molecule has 1 aromatic rings. The van der Waals surface area contributed by atoms with Crippen molar-refractivity contribution in [3.8, 4) is 0 Å². The number of aromatic nitrogens is 4. The number of amides is 2. The third-order valence-corrected chi connectivity index (χ3v) is 6.14. The Hall–Kier alpha value is -2.07. The van der Waals surface area contributed by atoms with Crippen LogP contribution in [0.4, 0.5) is 0 Å². The SMILES string of the molecule is NCN[C@@H](CCCCNC(=O)CCCCCCCCCCCCCCCc1nn[nH]n1)C(N)=O. The topological polar surface area (TPSA) is 165 Å². The highest BCUT2D eigenvalue weighted by atomic mass is 16.2. The number of nitrogens with one attached hydrogen (secondary N) is 3. The van der Waals surface area contributed by atoms with Crippen LogP contribution in [0.3, 0.4) is 0 Å². The number of H-pyrrole nitrogens is 1.